The minimum absolute atomic E-state index is 0.162. The molecule has 1 N–H and O–H groups in total. The third-order valence-corrected chi connectivity index (χ3v) is 4.13. The fraction of sp³-hybridized carbons (Fsp3) is 0. The lowest BCUT2D eigenvalue weighted by Gasteiger charge is -2.08. The Labute approximate surface area is 130 Å². The number of nitrogens with zero attached hydrogens (tertiary/aromatic N) is 3. The van der Waals surface area contributed by atoms with E-state index in [2.05, 4.69) is 42.2 Å². The van der Waals surface area contributed by atoms with E-state index < -0.39 is 5.97 Å². The van der Waals surface area contributed by atoms with E-state index in [0.717, 1.165) is 8.95 Å². The molecule has 0 bridgehead atoms. The fourth-order valence-corrected chi connectivity index (χ4v) is 3.33. The van der Waals surface area contributed by atoms with Gasteiger partial charge >= 0.3 is 5.97 Å². The minimum atomic E-state index is -1.01. The van der Waals surface area contributed by atoms with Crippen LogP contribution < -0.4 is 0 Å². The maximum absolute atomic E-state index is 11.4. The van der Waals surface area contributed by atoms with E-state index in [9.17, 15) is 9.90 Å². The second-order valence-corrected chi connectivity index (χ2v) is 5.76. The summed E-state index contributed by atoms with van der Waals surface area (Å²) >= 11 is 6.90. The van der Waals surface area contributed by atoms with Crippen LogP contribution >= 0.6 is 31.9 Å². The molecule has 0 amide bonds. The highest BCUT2D eigenvalue weighted by Crippen LogP contribution is 2.31. The van der Waals surface area contributed by atoms with E-state index in [0.29, 0.717) is 16.7 Å². The van der Waals surface area contributed by atoms with Gasteiger partial charge in [-0.2, -0.15) is 0 Å². The van der Waals surface area contributed by atoms with E-state index in [4.69, 9.17) is 0 Å². The number of fused-ring (bicyclic) bond motifs is 1. The Balaban J connectivity index is 2.41. The first-order valence-corrected chi connectivity index (χ1v) is 7.20. The van der Waals surface area contributed by atoms with Crippen molar-refractivity contribution >= 4 is 48.9 Å². The average Bonchev–Trinajstić information content (AvgIpc) is 2.82. The van der Waals surface area contributed by atoms with Crippen molar-refractivity contribution in [3.05, 3.63) is 50.9 Å². The molecule has 5 nitrogen and oxygen atoms in total. The van der Waals surface area contributed by atoms with Crippen molar-refractivity contribution in [2.75, 3.05) is 0 Å². The Bertz CT molecular complexity index is 809. The zero-order chi connectivity index (χ0) is 14.3. The number of hydrogen-bond acceptors (Lipinski definition) is 3. The Morgan fingerprint density at radius 2 is 1.75 bits per heavy atom. The number of carbonyl (C=O) groups is 1. The van der Waals surface area contributed by atoms with Crippen LogP contribution in [0.5, 0.6) is 0 Å². The van der Waals surface area contributed by atoms with E-state index in [1.165, 1.54) is 10.7 Å². The molecule has 1 heterocycles. The third kappa shape index (κ3) is 2.03. The minimum Gasteiger partial charge on any atom is -0.478 e. The number of para-hydroxylation sites is 2. The summed E-state index contributed by atoms with van der Waals surface area (Å²) in [6.07, 6.45) is 0. The van der Waals surface area contributed by atoms with Gasteiger partial charge in [-0.1, -0.05) is 17.3 Å². The van der Waals surface area contributed by atoms with Crippen LogP contribution in [0.1, 0.15) is 10.4 Å². The second kappa shape index (κ2) is 4.99. The Kier molecular flexibility index (Phi) is 3.31. The SMILES string of the molecule is O=C(O)c1cccc2nnn(-c3c(Br)cccc3Br)c12. The zero-order valence-corrected chi connectivity index (χ0v) is 13.1. The van der Waals surface area contributed by atoms with Crippen LogP contribution in [0.2, 0.25) is 0 Å². The molecular formula is C13H7Br2N3O2. The van der Waals surface area contributed by atoms with E-state index >= 15 is 0 Å². The molecule has 20 heavy (non-hydrogen) atoms. The predicted molar refractivity (Wildman–Crippen MR) is 81.2 cm³/mol. The highest BCUT2D eigenvalue weighted by Gasteiger charge is 2.18. The number of benzene rings is 2. The molecule has 0 saturated heterocycles. The summed E-state index contributed by atoms with van der Waals surface area (Å²) in [6.45, 7) is 0. The Morgan fingerprint density at radius 3 is 2.40 bits per heavy atom. The van der Waals surface area contributed by atoms with Gasteiger partial charge in [0, 0.05) is 8.95 Å². The molecule has 0 fully saturated rings. The molecule has 0 radical (unpaired) electrons. The van der Waals surface area contributed by atoms with Crippen molar-refractivity contribution in [3.8, 4) is 5.69 Å². The lowest BCUT2D eigenvalue weighted by molar-refractivity contribution is 0.0698. The molecule has 1 aromatic heterocycles. The number of carboxylic acids is 1. The molecule has 2 aromatic carbocycles. The van der Waals surface area contributed by atoms with Crippen LogP contribution in [0.15, 0.2) is 45.3 Å². The van der Waals surface area contributed by atoms with Gasteiger partial charge in [-0.25, -0.2) is 9.48 Å². The van der Waals surface area contributed by atoms with Crippen LogP contribution in [-0.4, -0.2) is 26.1 Å². The van der Waals surface area contributed by atoms with E-state index in [-0.39, 0.29) is 5.56 Å². The zero-order valence-electron chi connectivity index (χ0n) is 9.92. The van der Waals surface area contributed by atoms with Crippen molar-refractivity contribution in [1.29, 1.82) is 0 Å². The van der Waals surface area contributed by atoms with Crippen LogP contribution in [0.4, 0.5) is 0 Å². The molecule has 0 unspecified atom stereocenters. The van der Waals surface area contributed by atoms with Gasteiger partial charge in [-0.3, -0.25) is 0 Å². The lowest BCUT2D eigenvalue weighted by Crippen LogP contribution is -2.04. The maximum Gasteiger partial charge on any atom is 0.337 e. The van der Waals surface area contributed by atoms with Crippen LogP contribution in [0.25, 0.3) is 16.7 Å². The lowest BCUT2D eigenvalue weighted by atomic mass is 10.2. The Hall–Kier alpha value is -1.73. The van der Waals surface area contributed by atoms with Gasteiger partial charge in [0.2, 0.25) is 0 Å². The van der Waals surface area contributed by atoms with Gasteiger partial charge < -0.3 is 5.11 Å². The quantitative estimate of drug-likeness (QED) is 0.717. The molecule has 7 heteroatoms. The van der Waals surface area contributed by atoms with Crippen molar-refractivity contribution in [2.45, 2.75) is 0 Å². The third-order valence-electron chi connectivity index (χ3n) is 2.85. The summed E-state index contributed by atoms with van der Waals surface area (Å²) in [6, 6.07) is 10.5. The first-order valence-electron chi connectivity index (χ1n) is 5.61. The molecule has 0 aliphatic rings. The highest BCUT2D eigenvalue weighted by atomic mass is 79.9. The van der Waals surface area contributed by atoms with E-state index in [1.807, 2.05) is 18.2 Å². The van der Waals surface area contributed by atoms with Gasteiger partial charge in [-0.05, 0) is 56.1 Å². The maximum atomic E-state index is 11.4. The van der Waals surface area contributed by atoms with Crippen LogP contribution in [-0.2, 0) is 0 Å². The normalized spacial score (nSPS) is 10.9. The molecule has 0 saturated carbocycles. The number of carboxylic acid groups (broad SMARTS) is 1. The molecular weight excluding hydrogens is 390 g/mol. The molecule has 0 aliphatic heterocycles. The molecule has 3 aromatic rings. The monoisotopic (exact) mass is 395 g/mol. The molecule has 0 aliphatic carbocycles. The largest absolute Gasteiger partial charge is 0.478 e. The number of halogens is 2. The smallest absolute Gasteiger partial charge is 0.337 e. The number of aromatic nitrogens is 3. The van der Waals surface area contributed by atoms with Crippen molar-refractivity contribution in [2.24, 2.45) is 0 Å². The topological polar surface area (TPSA) is 68.0 Å². The standard InChI is InChI=1S/C13H7Br2N3O2/c14-8-4-2-5-9(15)12(8)18-11-7(13(19)20)3-1-6-10(11)16-17-18/h1-6H,(H,19,20). The van der Waals surface area contributed by atoms with Gasteiger partial charge in [0.1, 0.15) is 11.0 Å². The molecule has 3 rings (SSSR count). The highest BCUT2D eigenvalue weighted by molar-refractivity contribution is 9.11. The van der Waals surface area contributed by atoms with Crippen molar-refractivity contribution in [1.82, 2.24) is 15.0 Å². The summed E-state index contributed by atoms with van der Waals surface area (Å²) in [5.74, 6) is -1.01. The molecule has 100 valence electrons. The van der Waals surface area contributed by atoms with Gasteiger partial charge in [-0.15, -0.1) is 5.10 Å². The second-order valence-electron chi connectivity index (χ2n) is 4.05. The summed E-state index contributed by atoms with van der Waals surface area (Å²) in [5, 5.41) is 17.4. The average molecular weight is 397 g/mol. The first-order chi connectivity index (χ1) is 9.59. The van der Waals surface area contributed by atoms with Crippen LogP contribution in [0.3, 0.4) is 0 Å². The van der Waals surface area contributed by atoms with Crippen molar-refractivity contribution < 1.29 is 9.90 Å². The van der Waals surface area contributed by atoms with E-state index in [1.54, 1.807) is 12.1 Å². The summed E-state index contributed by atoms with van der Waals surface area (Å²) in [5.41, 5.74) is 1.87. The molecule has 0 atom stereocenters. The van der Waals surface area contributed by atoms with Crippen molar-refractivity contribution in [3.63, 3.8) is 0 Å². The van der Waals surface area contributed by atoms with Gasteiger partial charge in [0.15, 0.2) is 0 Å². The van der Waals surface area contributed by atoms with Gasteiger partial charge in [0.25, 0.3) is 0 Å². The number of aromatic carboxylic acids is 1. The fourth-order valence-electron chi connectivity index (χ4n) is 1.99. The number of rotatable bonds is 2. The number of hydrogen-bond donors (Lipinski definition) is 1. The van der Waals surface area contributed by atoms with Gasteiger partial charge in [0.05, 0.1) is 11.3 Å². The Morgan fingerprint density at radius 1 is 1.10 bits per heavy atom. The summed E-state index contributed by atoms with van der Waals surface area (Å²) in [7, 11) is 0. The molecule has 0 spiro atoms. The van der Waals surface area contributed by atoms with Crippen LogP contribution in [0, 0.1) is 0 Å². The predicted octanol–water partition coefficient (Wildman–Crippen LogP) is 3.64. The summed E-state index contributed by atoms with van der Waals surface area (Å²) < 4.78 is 3.10. The summed E-state index contributed by atoms with van der Waals surface area (Å²) in [4.78, 5) is 11.4. The first kappa shape index (κ1) is 13.3.